The maximum Gasteiger partial charge on any atom is 0.247 e. The fraction of sp³-hybridized carbons (Fsp3) is 0.391. The maximum absolute atomic E-state index is 13.2. The molecular formula is C23H25FN2O3. The number of hydrogen-bond donors (Lipinski definition) is 1. The van der Waals surface area contributed by atoms with Crippen molar-refractivity contribution in [2.75, 3.05) is 19.8 Å². The molecule has 0 bridgehead atoms. The molecule has 2 aromatic rings. The van der Waals surface area contributed by atoms with E-state index >= 15 is 0 Å². The van der Waals surface area contributed by atoms with Crippen molar-refractivity contribution in [3.05, 3.63) is 71.0 Å². The predicted molar refractivity (Wildman–Crippen MR) is 106 cm³/mol. The van der Waals surface area contributed by atoms with Crippen molar-refractivity contribution >= 4 is 11.8 Å². The second-order valence-electron chi connectivity index (χ2n) is 7.72. The van der Waals surface area contributed by atoms with Gasteiger partial charge in [0.2, 0.25) is 11.8 Å². The molecule has 2 aliphatic heterocycles. The number of halogens is 1. The molecule has 1 N–H and O–H groups in total. The van der Waals surface area contributed by atoms with Crippen molar-refractivity contribution in [1.82, 2.24) is 10.2 Å². The Hall–Kier alpha value is -2.73. The Labute approximate surface area is 169 Å². The first kappa shape index (κ1) is 19.6. The van der Waals surface area contributed by atoms with Gasteiger partial charge < -0.3 is 15.0 Å². The van der Waals surface area contributed by atoms with E-state index in [-0.39, 0.29) is 24.2 Å². The predicted octanol–water partition coefficient (Wildman–Crippen LogP) is 2.99. The molecule has 29 heavy (non-hydrogen) atoms. The third-order valence-corrected chi connectivity index (χ3v) is 5.75. The molecule has 2 heterocycles. The lowest BCUT2D eigenvalue weighted by Gasteiger charge is -2.39. The van der Waals surface area contributed by atoms with Crippen LogP contribution in [0.15, 0.2) is 48.5 Å². The largest absolute Gasteiger partial charge is 0.381 e. The van der Waals surface area contributed by atoms with Gasteiger partial charge in [0.25, 0.3) is 0 Å². The molecule has 1 fully saturated rings. The first-order valence-corrected chi connectivity index (χ1v) is 10.1. The number of rotatable bonds is 5. The van der Waals surface area contributed by atoms with Gasteiger partial charge >= 0.3 is 0 Å². The monoisotopic (exact) mass is 396 g/mol. The van der Waals surface area contributed by atoms with Gasteiger partial charge in [-0.15, -0.1) is 0 Å². The van der Waals surface area contributed by atoms with Crippen LogP contribution in [-0.2, 0) is 27.3 Å². The summed E-state index contributed by atoms with van der Waals surface area (Å²) in [6.45, 7) is 2.25. The van der Waals surface area contributed by atoms with Crippen molar-refractivity contribution in [3.8, 4) is 0 Å². The summed E-state index contributed by atoms with van der Waals surface area (Å²) < 4.78 is 18.6. The third kappa shape index (κ3) is 4.48. The van der Waals surface area contributed by atoms with E-state index in [0.29, 0.717) is 32.1 Å². The zero-order chi connectivity index (χ0) is 20.2. The molecule has 1 atom stereocenters. The van der Waals surface area contributed by atoms with Crippen molar-refractivity contribution in [3.63, 3.8) is 0 Å². The second-order valence-corrected chi connectivity index (χ2v) is 7.72. The summed E-state index contributed by atoms with van der Waals surface area (Å²) >= 11 is 0. The number of nitrogens with one attached hydrogen (secondary N) is 1. The van der Waals surface area contributed by atoms with Gasteiger partial charge in [0.15, 0.2) is 0 Å². The van der Waals surface area contributed by atoms with Crippen LogP contribution in [0.3, 0.4) is 0 Å². The van der Waals surface area contributed by atoms with Crippen molar-refractivity contribution in [2.24, 2.45) is 5.92 Å². The van der Waals surface area contributed by atoms with Crippen LogP contribution >= 0.6 is 0 Å². The van der Waals surface area contributed by atoms with Gasteiger partial charge in [-0.1, -0.05) is 36.4 Å². The van der Waals surface area contributed by atoms with E-state index in [1.807, 2.05) is 24.3 Å². The van der Waals surface area contributed by atoms with Gasteiger partial charge in [-0.25, -0.2) is 4.39 Å². The Morgan fingerprint density at radius 3 is 2.59 bits per heavy atom. The van der Waals surface area contributed by atoms with Gasteiger partial charge in [0.05, 0.1) is 6.42 Å². The topological polar surface area (TPSA) is 58.6 Å². The number of amides is 2. The molecule has 0 aromatic heterocycles. The molecule has 2 aromatic carbocycles. The standard InChI is InChI=1S/C23H25FN2O3/c24-19-7-5-16(6-8-19)14-25-23(28)22-20-4-2-1-3-18(20)13-21(27)26(22)15-17-9-11-29-12-10-17/h1-8,17,22H,9-15H2,(H,25,28). The Morgan fingerprint density at radius 2 is 1.83 bits per heavy atom. The average Bonchev–Trinajstić information content (AvgIpc) is 2.74. The van der Waals surface area contributed by atoms with Crippen molar-refractivity contribution in [2.45, 2.75) is 31.8 Å². The van der Waals surface area contributed by atoms with Crippen LogP contribution < -0.4 is 5.32 Å². The molecule has 1 unspecified atom stereocenters. The molecule has 0 radical (unpaired) electrons. The summed E-state index contributed by atoms with van der Waals surface area (Å²) in [5, 5.41) is 2.94. The highest BCUT2D eigenvalue weighted by molar-refractivity contribution is 5.92. The Balaban J connectivity index is 1.55. The summed E-state index contributed by atoms with van der Waals surface area (Å²) in [6.07, 6.45) is 2.12. The Morgan fingerprint density at radius 1 is 1.10 bits per heavy atom. The van der Waals surface area contributed by atoms with E-state index in [1.54, 1.807) is 17.0 Å². The average molecular weight is 396 g/mol. The summed E-state index contributed by atoms with van der Waals surface area (Å²) in [4.78, 5) is 27.9. The molecule has 6 heteroatoms. The van der Waals surface area contributed by atoms with Crippen LogP contribution in [0.1, 0.15) is 35.6 Å². The van der Waals surface area contributed by atoms with Crippen LogP contribution in [0, 0.1) is 11.7 Å². The van der Waals surface area contributed by atoms with Gasteiger partial charge in [0.1, 0.15) is 11.9 Å². The number of nitrogens with zero attached hydrogens (tertiary/aromatic N) is 1. The normalized spacial score (nSPS) is 19.7. The number of fused-ring (bicyclic) bond motifs is 1. The van der Waals surface area contributed by atoms with Gasteiger partial charge in [-0.2, -0.15) is 0 Å². The first-order valence-electron chi connectivity index (χ1n) is 10.1. The minimum Gasteiger partial charge on any atom is -0.381 e. The van der Waals surface area contributed by atoms with Crippen LogP contribution in [0.4, 0.5) is 4.39 Å². The van der Waals surface area contributed by atoms with E-state index < -0.39 is 6.04 Å². The van der Waals surface area contributed by atoms with Crippen LogP contribution in [0.2, 0.25) is 0 Å². The highest BCUT2D eigenvalue weighted by atomic mass is 19.1. The zero-order valence-electron chi connectivity index (χ0n) is 16.3. The third-order valence-electron chi connectivity index (χ3n) is 5.75. The zero-order valence-corrected chi connectivity index (χ0v) is 16.3. The van der Waals surface area contributed by atoms with Crippen LogP contribution in [0.25, 0.3) is 0 Å². The van der Waals surface area contributed by atoms with Gasteiger partial charge in [-0.05, 0) is 47.6 Å². The van der Waals surface area contributed by atoms with Crippen molar-refractivity contribution in [1.29, 1.82) is 0 Å². The molecule has 0 aliphatic carbocycles. The number of ether oxygens (including phenoxy) is 1. The van der Waals surface area contributed by atoms with E-state index in [9.17, 15) is 14.0 Å². The summed E-state index contributed by atoms with van der Waals surface area (Å²) in [7, 11) is 0. The number of benzene rings is 2. The number of carbonyl (C=O) groups excluding carboxylic acids is 2. The molecule has 2 amide bonds. The lowest BCUT2D eigenvalue weighted by molar-refractivity contribution is -0.143. The van der Waals surface area contributed by atoms with E-state index in [0.717, 1.165) is 29.5 Å². The van der Waals surface area contributed by atoms with Crippen LogP contribution in [-0.4, -0.2) is 36.5 Å². The SMILES string of the molecule is O=C(NCc1ccc(F)cc1)C1c2ccccc2CC(=O)N1CC1CCOCC1. The Kier molecular flexibility index (Phi) is 5.90. The van der Waals surface area contributed by atoms with E-state index in [2.05, 4.69) is 5.32 Å². The van der Waals surface area contributed by atoms with E-state index in [1.165, 1.54) is 12.1 Å². The summed E-state index contributed by atoms with van der Waals surface area (Å²) in [5.74, 6) is -0.195. The number of carbonyl (C=O) groups is 2. The Bertz CT molecular complexity index is 878. The smallest absolute Gasteiger partial charge is 0.247 e. The van der Waals surface area contributed by atoms with Crippen LogP contribution in [0.5, 0.6) is 0 Å². The summed E-state index contributed by atoms with van der Waals surface area (Å²) in [5.41, 5.74) is 2.60. The molecular weight excluding hydrogens is 371 g/mol. The molecule has 0 spiro atoms. The fourth-order valence-corrected chi connectivity index (χ4v) is 4.12. The molecule has 152 valence electrons. The molecule has 1 saturated heterocycles. The second kappa shape index (κ2) is 8.74. The lowest BCUT2D eigenvalue weighted by Crippen LogP contribution is -2.49. The van der Waals surface area contributed by atoms with Gasteiger partial charge in [-0.3, -0.25) is 9.59 Å². The first-order chi connectivity index (χ1) is 14.1. The number of hydrogen-bond acceptors (Lipinski definition) is 3. The minimum atomic E-state index is -0.643. The quantitative estimate of drug-likeness (QED) is 0.845. The molecule has 2 aliphatic rings. The maximum atomic E-state index is 13.2. The highest BCUT2D eigenvalue weighted by Gasteiger charge is 2.38. The summed E-state index contributed by atoms with van der Waals surface area (Å²) in [6, 6.07) is 13.0. The highest BCUT2D eigenvalue weighted by Crippen LogP contribution is 2.32. The minimum absolute atomic E-state index is 0.0166. The van der Waals surface area contributed by atoms with Crippen molar-refractivity contribution < 1.29 is 18.7 Å². The van der Waals surface area contributed by atoms with Gasteiger partial charge in [0, 0.05) is 26.3 Å². The fourth-order valence-electron chi connectivity index (χ4n) is 4.12. The van der Waals surface area contributed by atoms with E-state index in [4.69, 9.17) is 4.74 Å². The molecule has 0 saturated carbocycles. The molecule has 4 rings (SSSR count). The lowest BCUT2D eigenvalue weighted by atomic mass is 9.89. The molecule has 5 nitrogen and oxygen atoms in total.